The molecular weight excluding hydrogens is 441 g/mol. The molecule has 5 aromatic rings. The van der Waals surface area contributed by atoms with E-state index in [1.807, 2.05) is 0 Å². The van der Waals surface area contributed by atoms with Crippen molar-refractivity contribution in [3.8, 4) is 22.8 Å². The van der Waals surface area contributed by atoms with Crippen LogP contribution in [-0.2, 0) is 0 Å². The molecule has 34 heavy (non-hydrogen) atoms. The zero-order valence-electron chi connectivity index (χ0n) is 17.7. The molecule has 168 valence electrons. The van der Waals surface area contributed by atoms with Crippen LogP contribution in [0.5, 0.6) is 11.6 Å². The van der Waals surface area contributed by atoms with Crippen LogP contribution >= 0.6 is 0 Å². The van der Waals surface area contributed by atoms with Crippen LogP contribution in [-0.4, -0.2) is 36.4 Å². The van der Waals surface area contributed by atoms with Crippen LogP contribution in [0.4, 0.5) is 10.2 Å². The zero-order valence-corrected chi connectivity index (χ0v) is 17.7. The highest BCUT2D eigenvalue weighted by atomic mass is 19.1. The van der Waals surface area contributed by atoms with Gasteiger partial charge in [0.1, 0.15) is 22.9 Å². The van der Waals surface area contributed by atoms with Crippen molar-refractivity contribution >= 4 is 34.1 Å². The summed E-state index contributed by atoms with van der Waals surface area (Å²) in [4.78, 5) is 32.3. The van der Waals surface area contributed by atoms with E-state index < -0.39 is 5.97 Å². The van der Waals surface area contributed by atoms with E-state index in [1.54, 1.807) is 18.3 Å². The third-order valence-electron chi connectivity index (χ3n) is 5.27. The highest BCUT2D eigenvalue weighted by Gasteiger charge is 2.22. The van der Waals surface area contributed by atoms with Gasteiger partial charge >= 0.3 is 5.97 Å². The van der Waals surface area contributed by atoms with Crippen molar-refractivity contribution in [2.75, 3.05) is 5.73 Å². The van der Waals surface area contributed by atoms with Crippen LogP contribution in [0, 0.1) is 5.82 Å². The van der Waals surface area contributed by atoms with Crippen LogP contribution in [0.2, 0.25) is 0 Å². The van der Waals surface area contributed by atoms with E-state index in [-0.39, 0.29) is 40.2 Å². The standard InChI is InChI=1S/C24H16FN5O4/c1-12(31)20-21(26)30-22(29-23(20)34-17-5-2-13(3-6-17)24(32)33)18(11-28-30)15-8-14-9-16(25)4-7-19(14)27-10-15/h2-11H,26H2,1H3,(H,32,33). The number of pyridine rings is 1. The number of benzene rings is 2. The molecule has 0 spiro atoms. The molecule has 5 rings (SSSR count). The summed E-state index contributed by atoms with van der Waals surface area (Å²) in [5.74, 6) is -1.60. The third-order valence-corrected chi connectivity index (χ3v) is 5.27. The lowest BCUT2D eigenvalue weighted by Crippen LogP contribution is -2.11. The summed E-state index contributed by atoms with van der Waals surface area (Å²) in [6, 6.07) is 11.7. The van der Waals surface area contributed by atoms with Crippen molar-refractivity contribution in [2.45, 2.75) is 6.92 Å². The molecule has 0 saturated carbocycles. The fourth-order valence-corrected chi connectivity index (χ4v) is 3.63. The number of carboxylic acids is 1. The van der Waals surface area contributed by atoms with E-state index in [0.717, 1.165) is 0 Å². The largest absolute Gasteiger partial charge is 0.478 e. The van der Waals surface area contributed by atoms with Crippen molar-refractivity contribution in [3.05, 3.63) is 77.9 Å². The van der Waals surface area contributed by atoms with E-state index in [0.29, 0.717) is 27.7 Å². The minimum Gasteiger partial charge on any atom is -0.478 e. The second kappa shape index (κ2) is 7.93. The lowest BCUT2D eigenvalue weighted by atomic mass is 10.1. The molecule has 0 aliphatic carbocycles. The zero-order chi connectivity index (χ0) is 24.0. The summed E-state index contributed by atoms with van der Waals surface area (Å²) in [5.41, 5.74) is 8.47. The minimum absolute atomic E-state index is 0.0284. The summed E-state index contributed by atoms with van der Waals surface area (Å²) in [7, 11) is 0. The molecule has 0 fully saturated rings. The van der Waals surface area contributed by atoms with Gasteiger partial charge in [-0.05, 0) is 55.5 Å². The highest BCUT2D eigenvalue weighted by molar-refractivity contribution is 6.01. The third kappa shape index (κ3) is 3.56. The number of halogens is 1. The lowest BCUT2D eigenvalue weighted by molar-refractivity contribution is 0.0696. The first-order valence-electron chi connectivity index (χ1n) is 10.1. The Kier molecular flexibility index (Phi) is 4.90. The summed E-state index contributed by atoms with van der Waals surface area (Å²) in [6.45, 7) is 1.33. The molecule has 10 heteroatoms. The number of nitrogen functional groups attached to an aromatic ring is 1. The number of carbonyl (C=O) groups is 2. The van der Waals surface area contributed by atoms with Crippen LogP contribution in [0.1, 0.15) is 27.6 Å². The molecule has 0 radical (unpaired) electrons. The minimum atomic E-state index is -1.08. The Bertz CT molecular complexity index is 1610. The lowest BCUT2D eigenvalue weighted by Gasteiger charge is -2.12. The Balaban J connectivity index is 1.65. The van der Waals surface area contributed by atoms with Gasteiger partial charge in [-0.3, -0.25) is 9.78 Å². The fourth-order valence-electron chi connectivity index (χ4n) is 3.63. The molecule has 2 aromatic carbocycles. The number of nitrogens with zero attached hydrogens (tertiary/aromatic N) is 4. The molecule has 9 nitrogen and oxygen atoms in total. The van der Waals surface area contributed by atoms with Crippen molar-refractivity contribution in [1.82, 2.24) is 19.6 Å². The molecular formula is C24H16FN5O4. The number of ether oxygens (including phenoxy) is 1. The Labute approximate surface area is 191 Å². The molecule has 0 unspecified atom stereocenters. The number of aromatic nitrogens is 4. The number of hydrogen-bond donors (Lipinski definition) is 2. The number of ketones is 1. The Morgan fingerprint density at radius 1 is 1.09 bits per heavy atom. The van der Waals surface area contributed by atoms with Gasteiger partial charge in [0.25, 0.3) is 0 Å². The molecule has 0 amide bonds. The highest BCUT2D eigenvalue weighted by Crippen LogP contribution is 2.33. The van der Waals surface area contributed by atoms with Gasteiger partial charge in [0.05, 0.1) is 17.3 Å². The Morgan fingerprint density at radius 3 is 2.56 bits per heavy atom. The molecule has 3 heterocycles. The number of aromatic carboxylic acids is 1. The van der Waals surface area contributed by atoms with Crippen molar-refractivity contribution in [1.29, 1.82) is 0 Å². The Morgan fingerprint density at radius 2 is 1.85 bits per heavy atom. The van der Waals surface area contributed by atoms with Gasteiger partial charge in [-0.25, -0.2) is 9.18 Å². The topological polar surface area (TPSA) is 133 Å². The number of rotatable bonds is 5. The normalized spacial score (nSPS) is 11.1. The van der Waals surface area contributed by atoms with E-state index in [1.165, 1.54) is 54.0 Å². The van der Waals surface area contributed by atoms with Crippen molar-refractivity contribution < 1.29 is 23.8 Å². The van der Waals surface area contributed by atoms with Gasteiger partial charge in [-0.15, -0.1) is 0 Å². The van der Waals surface area contributed by atoms with Crippen molar-refractivity contribution in [2.24, 2.45) is 0 Å². The van der Waals surface area contributed by atoms with Gasteiger partial charge in [0.15, 0.2) is 11.4 Å². The SMILES string of the molecule is CC(=O)c1c(Oc2ccc(C(=O)O)cc2)nc2c(-c3cnc4ccc(F)cc4c3)cnn2c1N. The summed E-state index contributed by atoms with van der Waals surface area (Å²) < 4.78 is 20.9. The molecule has 0 saturated heterocycles. The van der Waals surface area contributed by atoms with Crippen molar-refractivity contribution in [3.63, 3.8) is 0 Å². The number of carbonyl (C=O) groups excluding carboxylic acids is 1. The predicted molar refractivity (Wildman–Crippen MR) is 122 cm³/mol. The first kappa shape index (κ1) is 21.0. The second-order valence-electron chi connectivity index (χ2n) is 7.52. The number of fused-ring (bicyclic) bond motifs is 2. The van der Waals surface area contributed by atoms with Gasteiger partial charge in [0.2, 0.25) is 5.88 Å². The van der Waals surface area contributed by atoms with E-state index in [9.17, 15) is 14.0 Å². The number of hydrogen-bond acceptors (Lipinski definition) is 7. The van der Waals surface area contributed by atoms with E-state index >= 15 is 0 Å². The average molecular weight is 457 g/mol. The molecule has 3 N–H and O–H groups in total. The van der Waals surface area contributed by atoms with Crippen LogP contribution in [0.3, 0.4) is 0 Å². The van der Waals surface area contributed by atoms with E-state index in [2.05, 4.69) is 15.1 Å². The predicted octanol–water partition coefficient (Wildman–Crippen LogP) is 4.36. The Hall–Kier alpha value is -4.86. The van der Waals surface area contributed by atoms with Crippen LogP contribution < -0.4 is 10.5 Å². The average Bonchev–Trinajstić information content (AvgIpc) is 3.23. The van der Waals surface area contributed by atoms with E-state index in [4.69, 9.17) is 15.6 Å². The maximum atomic E-state index is 13.7. The van der Waals surface area contributed by atoms with Gasteiger partial charge in [0, 0.05) is 22.7 Å². The first-order valence-corrected chi connectivity index (χ1v) is 10.1. The van der Waals surface area contributed by atoms with Gasteiger partial charge in [-0.1, -0.05) is 0 Å². The molecule has 3 aromatic heterocycles. The number of Topliss-reactive ketones (excluding diaryl/α,β-unsaturated/α-hetero) is 1. The number of anilines is 1. The fraction of sp³-hybridized carbons (Fsp3) is 0.0417. The maximum absolute atomic E-state index is 13.7. The quantitative estimate of drug-likeness (QED) is 0.372. The number of carboxylic acid groups (broad SMARTS) is 1. The summed E-state index contributed by atoms with van der Waals surface area (Å²) in [6.07, 6.45) is 3.13. The van der Waals surface area contributed by atoms with Crippen LogP contribution in [0.25, 0.3) is 27.7 Å². The maximum Gasteiger partial charge on any atom is 0.335 e. The monoisotopic (exact) mass is 457 g/mol. The summed E-state index contributed by atoms with van der Waals surface area (Å²) >= 11 is 0. The first-order chi connectivity index (χ1) is 16.3. The molecule has 0 atom stereocenters. The van der Waals surface area contributed by atoms with Gasteiger partial charge < -0.3 is 15.6 Å². The number of nitrogens with two attached hydrogens (primary N) is 1. The molecule has 0 aliphatic heterocycles. The summed E-state index contributed by atoms with van der Waals surface area (Å²) in [5, 5.41) is 13.9. The van der Waals surface area contributed by atoms with Gasteiger partial charge in [-0.2, -0.15) is 14.6 Å². The second-order valence-corrected chi connectivity index (χ2v) is 7.52. The molecule has 0 aliphatic rings. The molecule has 0 bridgehead atoms. The smallest absolute Gasteiger partial charge is 0.335 e. The van der Waals surface area contributed by atoms with Crippen LogP contribution in [0.15, 0.2) is 60.9 Å².